The predicted molar refractivity (Wildman–Crippen MR) is 62.7 cm³/mol. The van der Waals surface area contributed by atoms with Gasteiger partial charge in [0.15, 0.2) is 5.72 Å². The van der Waals surface area contributed by atoms with Gasteiger partial charge in [0.2, 0.25) is 0 Å². The first-order valence-electron chi connectivity index (χ1n) is 5.75. The molecule has 1 aliphatic carbocycles. The molecule has 1 fully saturated rings. The fraction of sp³-hybridized carbons (Fsp3) is 0.538. The Labute approximate surface area is 100 Å². The monoisotopic (exact) mass is 241 g/mol. The quantitative estimate of drug-likeness (QED) is 0.816. The molecule has 1 saturated carbocycles. The number of halogens is 2. The SMILES string of the molecule is CC(F)(F)COC1(C)NC=CC=C1C=C1CC1. The molecule has 17 heavy (non-hydrogen) atoms. The van der Waals surface area contributed by atoms with Crippen molar-refractivity contribution in [2.75, 3.05) is 6.61 Å². The number of hydrogen-bond donors (Lipinski definition) is 1. The molecule has 0 amide bonds. The van der Waals surface area contributed by atoms with Crippen molar-refractivity contribution in [3.05, 3.63) is 35.6 Å². The van der Waals surface area contributed by atoms with Crippen molar-refractivity contribution in [3.63, 3.8) is 0 Å². The molecule has 2 rings (SSSR count). The summed E-state index contributed by atoms with van der Waals surface area (Å²) in [5.74, 6) is -2.82. The molecule has 4 heteroatoms. The summed E-state index contributed by atoms with van der Waals surface area (Å²) in [4.78, 5) is 0. The molecule has 1 unspecified atom stereocenters. The molecule has 2 nitrogen and oxygen atoms in total. The lowest BCUT2D eigenvalue weighted by molar-refractivity contribution is -0.117. The average Bonchev–Trinajstić information content (AvgIpc) is 3.02. The second-order valence-corrected chi connectivity index (χ2v) is 4.82. The van der Waals surface area contributed by atoms with Crippen molar-refractivity contribution < 1.29 is 13.5 Å². The zero-order chi connectivity index (χ0) is 12.5. The zero-order valence-corrected chi connectivity index (χ0v) is 10.1. The lowest BCUT2D eigenvalue weighted by Crippen LogP contribution is -2.46. The third-order valence-electron chi connectivity index (χ3n) is 2.79. The van der Waals surface area contributed by atoms with Crippen molar-refractivity contribution in [1.29, 1.82) is 0 Å². The number of dihydropyridines is 1. The molecular weight excluding hydrogens is 224 g/mol. The van der Waals surface area contributed by atoms with Crippen LogP contribution in [0.15, 0.2) is 35.6 Å². The number of ether oxygens (including phenoxy) is 1. The van der Waals surface area contributed by atoms with Gasteiger partial charge in [-0.05, 0) is 32.0 Å². The molecule has 0 bridgehead atoms. The van der Waals surface area contributed by atoms with Crippen LogP contribution in [0, 0.1) is 0 Å². The van der Waals surface area contributed by atoms with Crippen LogP contribution in [0.5, 0.6) is 0 Å². The predicted octanol–water partition coefficient (Wildman–Crippen LogP) is 3.14. The van der Waals surface area contributed by atoms with Crippen molar-refractivity contribution in [3.8, 4) is 0 Å². The molecule has 0 spiro atoms. The van der Waals surface area contributed by atoms with Gasteiger partial charge in [-0.15, -0.1) is 0 Å². The number of nitrogens with one attached hydrogen (secondary N) is 1. The molecule has 0 radical (unpaired) electrons. The first-order valence-corrected chi connectivity index (χ1v) is 5.75. The van der Waals surface area contributed by atoms with E-state index in [1.165, 1.54) is 5.57 Å². The summed E-state index contributed by atoms with van der Waals surface area (Å²) in [6.45, 7) is 2.04. The number of rotatable bonds is 4. The summed E-state index contributed by atoms with van der Waals surface area (Å²) >= 11 is 0. The van der Waals surface area contributed by atoms with E-state index in [9.17, 15) is 8.78 Å². The topological polar surface area (TPSA) is 21.3 Å². The highest BCUT2D eigenvalue weighted by Gasteiger charge is 2.34. The smallest absolute Gasteiger partial charge is 0.268 e. The maximum Gasteiger partial charge on any atom is 0.268 e. The van der Waals surface area contributed by atoms with E-state index in [0.29, 0.717) is 0 Å². The van der Waals surface area contributed by atoms with Crippen LogP contribution in [-0.2, 0) is 4.74 Å². The van der Waals surface area contributed by atoms with E-state index < -0.39 is 18.3 Å². The molecule has 0 saturated heterocycles. The van der Waals surface area contributed by atoms with Crippen LogP contribution in [0.25, 0.3) is 0 Å². The standard InChI is InChI=1S/C13H17F2NO/c1-12(14,15)9-17-13(2)11(4-3-7-16-13)8-10-5-6-10/h3-4,7-8,16H,5-6,9H2,1-2H3. The first kappa shape index (κ1) is 12.3. The number of hydrogen-bond acceptors (Lipinski definition) is 2. The number of alkyl halides is 2. The summed E-state index contributed by atoms with van der Waals surface area (Å²) in [5, 5.41) is 3.00. The van der Waals surface area contributed by atoms with Crippen molar-refractivity contribution in [2.45, 2.75) is 38.3 Å². The Balaban J connectivity index is 2.08. The molecule has 94 valence electrons. The molecule has 0 aromatic carbocycles. The second kappa shape index (κ2) is 4.26. The number of allylic oxidation sites excluding steroid dienone is 3. The van der Waals surface area contributed by atoms with Crippen molar-refractivity contribution >= 4 is 0 Å². The van der Waals surface area contributed by atoms with Crippen molar-refractivity contribution in [1.82, 2.24) is 5.32 Å². The largest absolute Gasteiger partial charge is 0.360 e. The van der Waals surface area contributed by atoms with Crippen molar-refractivity contribution in [2.24, 2.45) is 0 Å². The van der Waals surface area contributed by atoms with E-state index in [0.717, 1.165) is 25.3 Å². The van der Waals surface area contributed by atoms with Gasteiger partial charge < -0.3 is 10.1 Å². The Morgan fingerprint density at radius 2 is 2.24 bits per heavy atom. The Bertz CT molecular complexity index is 387. The maximum atomic E-state index is 12.8. The highest BCUT2D eigenvalue weighted by molar-refractivity contribution is 5.39. The Hall–Kier alpha value is -1.16. The van der Waals surface area contributed by atoms with E-state index in [1.54, 1.807) is 13.1 Å². The third kappa shape index (κ3) is 3.40. The minimum absolute atomic E-state index is 0.592. The molecule has 1 atom stereocenters. The van der Waals surface area contributed by atoms with Crippen LogP contribution in [0.4, 0.5) is 8.78 Å². The highest BCUT2D eigenvalue weighted by Crippen LogP contribution is 2.33. The fourth-order valence-corrected chi connectivity index (χ4v) is 1.62. The summed E-state index contributed by atoms with van der Waals surface area (Å²) in [6.07, 6.45) is 9.69. The molecule has 1 heterocycles. The Morgan fingerprint density at radius 1 is 1.53 bits per heavy atom. The van der Waals surface area contributed by atoms with Gasteiger partial charge in [-0.2, -0.15) is 0 Å². The Morgan fingerprint density at radius 3 is 2.82 bits per heavy atom. The van der Waals surface area contributed by atoms with Gasteiger partial charge in [-0.1, -0.05) is 17.7 Å². The first-order chi connectivity index (χ1) is 7.89. The molecule has 0 aromatic heterocycles. The highest BCUT2D eigenvalue weighted by atomic mass is 19.3. The van der Waals surface area contributed by atoms with Crippen LogP contribution in [-0.4, -0.2) is 18.3 Å². The molecular formula is C13H17F2NO. The van der Waals surface area contributed by atoms with Gasteiger partial charge in [0, 0.05) is 12.5 Å². The van der Waals surface area contributed by atoms with Crippen LogP contribution < -0.4 is 5.32 Å². The zero-order valence-electron chi connectivity index (χ0n) is 10.1. The van der Waals surface area contributed by atoms with E-state index >= 15 is 0 Å². The van der Waals surface area contributed by atoms with Crippen LogP contribution in [0.1, 0.15) is 26.7 Å². The van der Waals surface area contributed by atoms with Crippen LogP contribution in [0.3, 0.4) is 0 Å². The molecule has 2 aliphatic rings. The van der Waals surface area contributed by atoms with Gasteiger partial charge in [0.05, 0.1) is 0 Å². The van der Waals surface area contributed by atoms with E-state index in [2.05, 4.69) is 5.32 Å². The normalized spacial score (nSPS) is 27.5. The van der Waals surface area contributed by atoms with E-state index in [1.807, 2.05) is 18.2 Å². The minimum atomic E-state index is -2.82. The van der Waals surface area contributed by atoms with Crippen LogP contribution in [0.2, 0.25) is 0 Å². The summed E-state index contributed by atoms with van der Waals surface area (Å²) in [6, 6.07) is 0. The Kier molecular flexibility index (Phi) is 3.08. The van der Waals surface area contributed by atoms with Gasteiger partial charge in [-0.25, -0.2) is 8.78 Å². The van der Waals surface area contributed by atoms with E-state index in [-0.39, 0.29) is 0 Å². The fourth-order valence-electron chi connectivity index (χ4n) is 1.62. The average molecular weight is 241 g/mol. The summed E-state index contributed by atoms with van der Waals surface area (Å²) in [5.41, 5.74) is 1.38. The third-order valence-corrected chi connectivity index (χ3v) is 2.79. The summed E-state index contributed by atoms with van der Waals surface area (Å²) < 4.78 is 31.0. The lowest BCUT2D eigenvalue weighted by atomic mass is 10.0. The molecule has 0 aromatic rings. The molecule has 1 N–H and O–H groups in total. The summed E-state index contributed by atoms with van der Waals surface area (Å²) in [7, 11) is 0. The van der Waals surface area contributed by atoms with Gasteiger partial charge >= 0.3 is 0 Å². The van der Waals surface area contributed by atoms with Gasteiger partial charge in [0.25, 0.3) is 5.92 Å². The minimum Gasteiger partial charge on any atom is -0.360 e. The second-order valence-electron chi connectivity index (χ2n) is 4.82. The van der Waals surface area contributed by atoms with Crippen LogP contribution >= 0.6 is 0 Å². The van der Waals surface area contributed by atoms with E-state index in [4.69, 9.17) is 4.74 Å². The molecule has 1 aliphatic heterocycles. The lowest BCUT2D eigenvalue weighted by Gasteiger charge is -2.34. The maximum absolute atomic E-state index is 12.8. The van der Waals surface area contributed by atoms with Gasteiger partial charge in [0.1, 0.15) is 6.61 Å². The van der Waals surface area contributed by atoms with Gasteiger partial charge in [-0.3, -0.25) is 0 Å².